The number of hydrogen-bond donors (Lipinski definition) is 1. The molecule has 0 aliphatic heterocycles. The fraction of sp³-hybridized carbons (Fsp3) is 0.167. The Kier molecular flexibility index (Phi) is 3.75. The smallest absolute Gasteiger partial charge is 0.0793 e. The van der Waals surface area contributed by atoms with Crippen LogP contribution in [-0.2, 0) is 6.42 Å². The van der Waals surface area contributed by atoms with Gasteiger partial charge in [-0.25, -0.2) is 0 Å². The average Bonchev–Trinajstić information content (AvgIpc) is 2.53. The van der Waals surface area contributed by atoms with Crippen molar-refractivity contribution in [3.63, 3.8) is 0 Å². The van der Waals surface area contributed by atoms with Crippen molar-refractivity contribution < 1.29 is 5.11 Å². The van der Waals surface area contributed by atoms with Gasteiger partial charge in [0, 0.05) is 17.8 Å². The molecule has 3 rings (SSSR count). The molecule has 1 atom stereocenters. The van der Waals surface area contributed by atoms with Gasteiger partial charge in [-0.1, -0.05) is 48.5 Å². The Labute approximate surface area is 118 Å². The Balaban J connectivity index is 1.77. The van der Waals surface area contributed by atoms with Gasteiger partial charge in [-0.15, -0.1) is 0 Å². The highest BCUT2D eigenvalue weighted by atomic mass is 16.3. The molecule has 0 aliphatic carbocycles. The van der Waals surface area contributed by atoms with E-state index in [1.807, 2.05) is 48.8 Å². The Morgan fingerprint density at radius 3 is 2.65 bits per heavy atom. The van der Waals surface area contributed by atoms with Crippen molar-refractivity contribution in [1.29, 1.82) is 0 Å². The van der Waals surface area contributed by atoms with Crippen LogP contribution in [0.4, 0.5) is 0 Å². The number of fused-ring (bicyclic) bond motifs is 1. The quantitative estimate of drug-likeness (QED) is 0.774. The summed E-state index contributed by atoms with van der Waals surface area (Å²) in [6.45, 7) is 0. The van der Waals surface area contributed by atoms with Crippen molar-refractivity contribution in [2.75, 3.05) is 0 Å². The minimum atomic E-state index is -0.414. The van der Waals surface area contributed by atoms with Gasteiger partial charge in [0.1, 0.15) is 0 Å². The number of aromatic nitrogens is 1. The van der Waals surface area contributed by atoms with E-state index < -0.39 is 6.10 Å². The SMILES string of the molecule is OC(CCc1cccc2ccncc12)c1ccccc1. The zero-order valence-electron chi connectivity index (χ0n) is 11.2. The van der Waals surface area contributed by atoms with E-state index >= 15 is 0 Å². The summed E-state index contributed by atoms with van der Waals surface area (Å²) in [5.74, 6) is 0. The predicted octanol–water partition coefficient (Wildman–Crippen LogP) is 3.90. The third-order valence-corrected chi connectivity index (χ3v) is 3.65. The molecule has 0 bridgehead atoms. The first-order valence-corrected chi connectivity index (χ1v) is 6.89. The highest BCUT2D eigenvalue weighted by molar-refractivity contribution is 5.84. The van der Waals surface area contributed by atoms with Gasteiger partial charge in [-0.3, -0.25) is 4.98 Å². The monoisotopic (exact) mass is 263 g/mol. The first kappa shape index (κ1) is 12.8. The van der Waals surface area contributed by atoms with E-state index in [9.17, 15) is 5.11 Å². The van der Waals surface area contributed by atoms with E-state index in [2.05, 4.69) is 23.2 Å². The topological polar surface area (TPSA) is 33.1 Å². The molecule has 0 fully saturated rings. The van der Waals surface area contributed by atoms with Crippen LogP contribution >= 0.6 is 0 Å². The van der Waals surface area contributed by atoms with Gasteiger partial charge in [0.25, 0.3) is 0 Å². The lowest BCUT2D eigenvalue weighted by Gasteiger charge is -2.12. The summed E-state index contributed by atoms with van der Waals surface area (Å²) in [6, 6.07) is 18.1. The van der Waals surface area contributed by atoms with Gasteiger partial charge >= 0.3 is 0 Å². The number of hydrogen-bond acceptors (Lipinski definition) is 2. The molecule has 3 aromatic rings. The summed E-state index contributed by atoms with van der Waals surface area (Å²) >= 11 is 0. The van der Waals surface area contributed by atoms with E-state index in [1.165, 1.54) is 16.3 Å². The van der Waals surface area contributed by atoms with Crippen LogP contribution in [0, 0.1) is 0 Å². The summed E-state index contributed by atoms with van der Waals surface area (Å²) in [5.41, 5.74) is 2.22. The maximum Gasteiger partial charge on any atom is 0.0793 e. The minimum absolute atomic E-state index is 0.414. The lowest BCUT2D eigenvalue weighted by atomic mass is 9.98. The molecule has 1 aromatic heterocycles. The van der Waals surface area contributed by atoms with Crippen LogP contribution in [0.3, 0.4) is 0 Å². The number of nitrogens with zero attached hydrogens (tertiary/aromatic N) is 1. The molecule has 0 radical (unpaired) electrons. The molecule has 0 saturated heterocycles. The molecule has 2 aromatic carbocycles. The Hall–Kier alpha value is -2.19. The zero-order chi connectivity index (χ0) is 13.8. The molecule has 20 heavy (non-hydrogen) atoms. The number of aryl methyl sites for hydroxylation is 1. The third-order valence-electron chi connectivity index (χ3n) is 3.65. The lowest BCUT2D eigenvalue weighted by molar-refractivity contribution is 0.168. The zero-order valence-corrected chi connectivity index (χ0v) is 11.2. The van der Waals surface area contributed by atoms with Crippen LogP contribution in [0.5, 0.6) is 0 Å². The Morgan fingerprint density at radius 2 is 1.80 bits per heavy atom. The van der Waals surface area contributed by atoms with Gasteiger partial charge in [0.05, 0.1) is 6.10 Å². The summed E-state index contributed by atoms with van der Waals surface area (Å²) in [5, 5.41) is 12.6. The fourth-order valence-electron chi connectivity index (χ4n) is 2.53. The average molecular weight is 263 g/mol. The van der Waals surface area contributed by atoms with Crippen molar-refractivity contribution >= 4 is 10.8 Å². The Morgan fingerprint density at radius 1 is 0.950 bits per heavy atom. The number of aliphatic hydroxyl groups is 1. The van der Waals surface area contributed by atoms with Gasteiger partial charge in [0.15, 0.2) is 0 Å². The summed E-state index contributed by atoms with van der Waals surface area (Å²) in [6.07, 6.45) is 4.87. The van der Waals surface area contributed by atoms with Crippen molar-refractivity contribution in [1.82, 2.24) is 4.98 Å². The van der Waals surface area contributed by atoms with E-state index in [-0.39, 0.29) is 0 Å². The maximum absolute atomic E-state index is 10.2. The highest BCUT2D eigenvalue weighted by Crippen LogP contribution is 2.23. The second kappa shape index (κ2) is 5.85. The first-order valence-electron chi connectivity index (χ1n) is 6.89. The maximum atomic E-state index is 10.2. The Bertz CT molecular complexity index is 689. The highest BCUT2D eigenvalue weighted by Gasteiger charge is 2.08. The van der Waals surface area contributed by atoms with Gasteiger partial charge in [-0.2, -0.15) is 0 Å². The van der Waals surface area contributed by atoms with Crippen LogP contribution in [0.2, 0.25) is 0 Å². The van der Waals surface area contributed by atoms with E-state index in [0.29, 0.717) is 0 Å². The molecule has 1 N–H and O–H groups in total. The summed E-state index contributed by atoms with van der Waals surface area (Å²) in [4.78, 5) is 4.20. The van der Waals surface area contributed by atoms with Crippen molar-refractivity contribution in [3.05, 3.63) is 78.1 Å². The number of benzene rings is 2. The molecule has 0 amide bonds. The molecular formula is C18H17NO. The number of pyridine rings is 1. The molecule has 100 valence electrons. The summed E-state index contributed by atoms with van der Waals surface area (Å²) in [7, 11) is 0. The first-order chi connectivity index (χ1) is 9.84. The molecule has 1 heterocycles. The number of rotatable bonds is 4. The van der Waals surface area contributed by atoms with E-state index in [1.54, 1.807) is 0 Å². The molecule has 0 spiro atoms. The van der Waals surface area contributed by atoms with Crippen molar-refractivity contribution in [2.45, 2.75) is 18.9 Å². The van der Waals surface area contributed by atoms with Crippen LogP contribution < -0.4 is 0 Å². The van der Waals surface area contributed by atoms with Gasteiger partial charge in [-0.05, 0) is 35.4 Å². The standard InChI is InChI=1S/C18H17NO/c20-18(16-5-2-1-3-6-16)10-9-14-7-4-8-15-11-12-19-13-17(14)15/h1-8,11-13,18,20H,9-10H2. The largest absolute Gasteiger partial charge is 0.388 e. The second-order valence-corrected chi connectivity index (χ2v) is 4.98. The molecule has 0 saturated carbocycles. The minimum Gasteiger partial charge on any atom is -0.388 e. The van der Waals surface area contributed by atoms with Crippen LogP contribution in [0.15, 0.2) is 67.0 Å². The van der Waals surface area contributed by atoms with Crippen molar-refractivity contribution in [2.24, 2.45) is 0 Å². The predicted molar refractivity (Wildman–Crippen MR) is 81.5 cm³/mol. The number of aliphatic hydroxyl groups excluding tert-OH is 1. The molecule has 2 nitrogen and oxygen atoms in total. The molecule has 0 aliphatic rings. The van der Waals surface area contributed by atoms with Crippen LogP contribution in [0.1, 0.15) is 23.7 Å². The lowest BCUT2D eigenvalue weighted by Crippen LogP contribution is -1.99. The molecule has 2 heteroatoms. The van der Waals surface area contributed by atoms with Crippen LogP contribution in [0.25, 0.3) is 10.8 Å². The third kappa shape index (κ3) is 2.70. The molecular weight excluding hydrogens is 246 g/mol. The van der Waals surface area contributed by atoms with E-state index in [0.717, 1.165) is 18.4 Å². The van der Waals surface area contributed by atoms with Gasteiger partial charge in [0.2, 0.25) is 0 Å². The second-order valence-electron chi connectivity index (χ2n) is 4.98. The summed E-state index contributed by atoms with van der Waals surface area (Å²) < 4.78 is 0. The fourth-order valence-corrected chi connectivity index (χ4v) is 2.53. The van der Waals surface area contributed by atoms with Crippen LogP contribution in [-0.4, -0.2) is 10.1 Å². The normalized spacial score (nSPS) is 12.4. The van der Waals surface area contributed by atoms with E-state index in [4.69, 9.17) is 0 Å². The van der Waals surface area contributed by atoms with Crippen molar-refractivity contribution in [3.8, 4) is 0 Å². The van der Waals surface area contributed by atoms with Gasteiger partial charge < -0.3 is 5.11 Å². The molecule has 1 unspecified atom stereocenters.